The molecule has 4 nitrogen and oxygen atoms in total. The van der Waals surface area contributed by atoms with E-state index in [0.29, 0.717) is 0 Å². The maximum Gasteiger partial charge on any atom is 0.0742 e. The minimum absolute atomic E-state index is 0.153. The molecule has 1 unspecified atom stereocenters. The van der Waals surface area contributed by atoms with Crippen LogP contribution < -0.4 is 5.32 Å². The van der Waals surface area contributed by atoms with Crippen molar-refractivity contribution in [2.75, 3.05) is 7.05 Å². The average molecular weight is 188 g/mol. The third-order valence-corrected chi connectivity index (χ3v) is 2.16. The summed E-state index contributed by atoms with van der Waals surface area (Å²) in [5.41, 5.74) is 2.23. The topological polar surface area (TPSA) is 53.6 Å². The third kappa shape index (κ3) is 1.65. The van der Waals surface area contributed by atoms with Crippen LogP contribution in [-0.4, -0.2) is 22.2 Å². The molecule has 0 fully saturated rings. The van der Waals surface area contributed by atoms with Crippen molar-refractivity contribution in [2.45, 2.75) is 6.04 Å². The van der Waals surface area contributed by atoms with Crippen LogP contribution in [0.5, 0.6) is 0 Å². The molecule has 0 spiro atoms. The van der Waals surface area contributed by atoms with E-state index in [1.165, 1.54) is 0 Å². The van der Waals surface area contributed by atoms with Crippen molar-refractivity contribution in [1.29, 1.82) is 0 Å². The Morgan fingerprint density at radius 1 is 1.36 bits per heavy atom. The van der Waals surface area contributed by atoms with Gasteiger partial charge in [0.05, 0.1) is 12.2 Å². The van der Waals surface area contributed by atoms with Crippen molar-refractivity contribution in [2.24, 2.45) is 0 Å². The van der Waals surface area contributed by atoms with Gasteiger partial charge in [-0.2, -0.15) is 10.2 Å². The van der Waals surface area contributed by atoms with Crippen LogP contribution in [0.3, 0.4) is 0 Å². The Morgan fingerprint density at radius 3 is 2.86 bits per heavy atom. The molecule has 0 aliphatic heterocycles. The highest BCUT2D eigenvalue weighted by Gasteiger charge is 2.11. The fourth-order valence-corrected chi connectivity index (χ4v) is 1.50. The Hall–Kier alpha value is -1.68. The molecule has 1 atom stereocenters. The van der Waals surface area contributed by atoms with Gasteiger partial charge in [0.15, 0.2) is 0 Å². The molecule has 2 rings (SSSR count). The highest BCUT2D eigenvalue weighted by atomic mass is 15.1. The molecule has 2 heterocycles. The number of aromatic amines is 1. The van der Waals surface area contributed by atoms with Gasteiger partial charge in [0, 0.05) is 18.1 Å². The zero-order chi connectivity index (χ0) is 9.80. The van der Waals surface area contributed by atoms with Gasteiger partial charge >= 0.3 is 0 Å². The van der Waals surface area contributed by atoms with E-state index in [1.54, 1.807) is 12.4 Å². The summed E-state index contributed by atoms with van der Waals surface area (Å²) in [5.74, 6) is 0. The first-order valence-corrected chi connectivity index (χ1v) is 4.49. The van der Waals surface area contributed by atoms with Gasteiger partial charge in [0.1, 0.15) is 0 Å². The van der Waals surface area contributed by atoms with Gasteiger partial charge < -0.3 is 10.3 Å². The highest BCUT2D eigenvalue weighted by Crippen LogP contribution is 2.18. The smallest absolute Gasteiger partial charge is 0.0742 e. The molecule has 14 heavy (non-hydrogen) atoms. The predicted molar refractivity (Wildman–Crippen MR) is 53.7 cm³/mol. The summed E-state index contributed by atoms with van der Waals surface area (Å²) in [4.78, 5) is 3.18. The van der Waals surface area contributed by atoms with E-state index >= 15 is 0 Å². The van der Waals surface area contributed by atoms with Crippen molar-refractivity contribution >= 4 is 0 Å². The van der Waals surface area contributed by atoms with E-state index in [1.807, 2.05) is 31.4 Å². The van der Waals surface area contributed by atoms with Gasteiger partial charge in [0.25, 0.3) is 0 Å². The van der Waals surface area contributed by atoms with Crippen molar-refractivity contribution in [3.63, 3.8) is 0 Å². The molecule has 0 bridgehead atoms. The highest BCUT2D eigenvalue weighted by molar-refractivity contribution is 5.24. The fraction of sp³-hybridized carbons (Fsp3) is 0.200. The molecular weight excluding hydrogens is 176 g/mol. The molecule has 2 aromatic rings. The first-order chi connectivity index (χ1) is 6.92. The number of hydrogen-bond acceptors (Lipinski definition) is 3. The maximum atomic E-state index is 3.86. The number of hydrogen-bond donors (Lipinski definition) is 2. The monoisotopic (exact) mass is 188 g/mol. The summed E-state index contributed by atoms with van der Waals surface area (Å²) in [6, 6.07) is 6.13. The molecular formula is C10H12N4. The summed E-state index contributed by atoms with van der Waals surface area (Å²) in [7, 11) is 1.92. The Morgan fingerprint density at radius 2 is 2.29 bits per heavy atom. The van der Waals surface area contributed by atoms with E-state index in [9.17, 15) is 0 Å². The van der Waals surface area contributed by atoms with Gasteiger partial charge in [-0.3, -0.25) is 0 Å². The number of nitrogens with zero attached hydrogens (tertiary/aromatic N) is 2. The van der Waals surface area contributed by atoms with Crippen LogP contribution in [0.15, 0.2) is 36.8 Å². The minimum Gasteiger partial charge on any atom is -0.363 e. The second-order valence-corrected chi connectivity index (χ2v) is 3.02. The maximum absolute atomic E-state index is 3.86. The lowest BCUT2D eigenvalue weighted by Crippen LogP contribution is -2.18. The lowest BCUT2D eigenvalue weighted by Gasteiger charge is -2.13. The van der Waals surface area contributed by atoms with Crippen molar-refractivity contribution in [1.82, 2.24) is 20.5 Å². The summed E-state index contributed by atoms with van der Waals surface area (Å²) in [6.07, 6.45) is 5.37. The Kier molecular flexibility index (Phi) is 2.55. The normalized spacial score (nSPS) is 12.6. The van der Waals surface area contributed by atoms with Crippen LogP contribution >= 0.6 is 0 Å². The molecule has 2 aromatic heterocycles. The molecule has 2 N–H and O–H groups in total. The van der Waals surface area contributed by atoms with Crippen LogP contribution in [0.4, 0.5) is 0 Å². The molecule has 0 radical (unpaired) electrons. The van der Waals surface area contributed by atoms with E-state index < -0.39 is 0 Å². The average Bonchev–Trinajstić information content (AvgIpc) is 2.74. The molecule has 0 saturated carbocycles. The summed E-state index contributed by atoms with van der Waals surface area (Å²) < 4.78 is 0. The van der Waals surface area contributed by atoms with E-state index in [0.717, 1.165) is 11.3 Å². The van der Waals surface area contributed by atoms with Gasteiger partial charge in [-0.1, -0.05) is 0 Å². The number of rotatable bonds is 3. The van der Waals surface area contributed by atoms with Crippen LogP contribution in [0.2, 0.25) is 0 Å². The Bertz CT molecular complexity index is 368. The predicted octanol–water partition coefficient (Wildman–Crippen LogP) is 1.11. The van der Waals surface area contributed by atoms with Crippen LogP contribution in [0, 0.1) is 0 Å². The third-order valence-electron chi connectivity index (χ3n) is 2.16. The second kappa shape index (κ2) is 4.02. The Labute approximate surface area is 82.4 Å². The van der Waals surface area contributed by atoms with Gasteiger partial charge in [0.2, 0.25) is 0 Å². The molecule has 72 valence electrons. The zero-order valence-electron chi connectivity index (χ0n) is 7.94. The quantitative estimate of drug-likeness (QED) is 0.758. The van der Waals surface area contributed by atoms with Crippen LogP contribution in [-0.2, 0) is 0 Å². The first kappa shape index (κ1) is 8.90. The molecule has 4 heteroatoms. The van der Waals surface area contributed by atoms with E-state index in [4.69, 9.17) is 0 Å². The summed E-state index contributed by atoms with van der Waals surface area (Å²) >= 11 is 0. The second-order valence-electron chi connectivity index (χ2n) is 3.02. The number of aromatic nitrogens is 3. The molecule has 0 aromatic carbocycles. The van der Waals surface area contributed by atoms with Crippen LogP contribution in [0.1, 0.15) is 17.3 Å². The SMILES string of the molecule is CNC(c1ccnnc1)c1ccc[nH]1. The molecule has 0 aliphatic rings. The number of H-pyrrole nitrogens is 1. The van der Waals surface area contributed by atoms with Crippen molar-refractivity contribution in [3.05, 3.63) is 48.0 Å². The summed E-state index contributed by atoms with van der Waals surface area (Å²) in [6.45, 7) is 0. The summed E-state index contributed by atoms with van der Waals surface area (Å²) in [5, 5.41) is 10.8. The molecule has 0 amide bonds. The lowest BCUT2D eigenvalue weighted by molar-refractivity contribution is 0.669. The Balaban J connectivity index is 2.31. The zero-order valence-corrected chi connectivity index (χ0v) is 7.94. The molecule has 0 saturated heterocycles. The largest absolute Gasteiger partial charge is 0.363 e. The standard InChI is InChI=1S/C10H12N4/c1-11-10(9-3-2-5-12-9)8-4-6-13-14-7-8/h2-7,10-12H,1H3. The first-order valence-electron chi connectivity index (χ1n) is 4.49. The van der Waals surface area contributed by atoms with Crippen molar-refractivity contribution < 1.29 is 0 Å². The van der Waals surface area contributed by atoms with E-state index in [-0.39, 0.29) is 6.04 Å². The van der Waals surface area contributed by atoms with E-state index in [2.05, 4.69) is 20.5 Å². The number of nitrogens with one attached hydrogen (secondary N) is 2. The van der Waals surface area contributed by atoms with Crippen LogP contribution in [0.25, 0.3) is 0 Å². The van der Waals surface area contributed by atoms with Gasteiger partial charge in [-0.25, -0.2) is 0 Å². The van der Waals surface area contributed by atoms with Crippen molar-refractivity contribution in [3.8, 4) is 0 Å². The van der Waals surface area contributed by atoms with Gasteiger partial charge in [-0.15, -0.1) is 0 Å². The van der Waals surface area contributed by atoms with Gasteiger partial charge in [-0.05, 0) is 30.8 Å². The fourth-order valence-electron chi connectivity index (χ4n) is 1.50. The lowest BCUT2D eigenvalue weighted by atomic mass is 10.1. The molecule has 0 aliphatic carbocycles. The minimum atomic E-state index is 0.153.